The minimum absolute atomic E-state index is 0.301. The normalized spacial score (nSPS) is 20.4. The average Bonchev–Trinajstić information content (AvgIpc) is 2.81. The van der Waals surface area contributed by atoms with E-state index in [1.807, 2.05) is 0 Å². The second kappa shape index (κ2) is 5.48. The number of nitrogens with one attached hydrogen (secondary N) is 1. The van der Waals surface area contributed by atoms with Gasteiger partial charge in [0.2, 0.25) is 15.9 Å². The van der Waals surface area contributed by atoms with Crippen molar-refractivity contribution in [1.82, 2.24) is 4.31 Å². The maximum Gasteiger partial charge on any atom is 0.242 e. The molecule has 0 aliphatic carbocycles. The summed E-state index contributed by atoms with van der Waals surface area (Å²) in [5.41, 5.74) is 0.606. The Hall–Kier alpha value is -1.11. The number of carbonyl (C=O) groups is 1. The molecule has 1 heterocycles. The van der Waals surface area contributed by atoms with Crippen LogP contribution in [0.5, 0.6) is 0 Å². The molecule has 5 nitrogen and oxygen atoms in total. The van der Waals surface area contributed by atoms with Crippen LogP contribution in [0, 0.1) is 0 Å². The number of benzene rings is 1. The molecular formula is C12H15ClN2O3S. The Balaban J connectivity index is 2.09. The zero-order chi connectivity index (χ0) is 14.0. The molecule has 0 radical (unpaired) electrons. The van der Waals surface area contributed by atoms with E-state index in [-0.39, 0.29) is 5.91 Å². The lowest BCUT2D eigenvalue weighted by atomic mass is 10.2. The molecule has 2 rings (SSSR count). The van der Waals surface area contributed by atoms with Crippen molar-refractivity contribution in [1.29, 1.82) is 0 Å². The van der Waals surface area contributed by atoms with Crippen molar-refractivity contribution in [2.75, 3.05) is 18.1 Å². The summed E-state index contributed by atoms with van der Waals surface area (Å²) >= 11 is 5.76. The average molecular weight is 303 g/mol. The minimum atomic E-state index is -3.34. The minimum Gasteiger partial charge on any atom is -0.325 e. The topological polar surface area (TPSA) is 66.5 Å². The molecule has 1 N–H and O–H groups in total. The molecular weight excluding hydrogens is 288 g/mol. The van der Waals surface area contributed by atoms with Crippen LogP contribution < -0.4 is 5.32 Å². The first-order valence-corrected chi connectivity index (χ1v) is 8.14. The molecule has 1 aromatic carbocycles. The third-order valence-corrected chi connectivity index (χ3v) is 4.59. The van der Waals surface area contributed by atoms with E-state index in [2.05, 4.69) is 5.32 Å². The van der Waals surface area contributed by atoms with E-state index in [4.69, 9.17) is 11.6 Å². The molecule has 1 atom stereocenters. The maximum absolute atomic E-state index is 12.1. The van der Waals surface area contributed by atoms with Gasteiger partial charge >= 0.3 is 0 Å². The molecule has 0 spiro atoms. The summed E-state index contributed by atoms with van der Waals surface area (Å²) in [6.45, 7) is 0.400. The van der Waals surface area contributed by atoms with Crippen LogP contribution in [0.25, 0.3) is 0 Å². The molecule has 0 saturated carbocycles. The molecule has 0 unspecified atom stereocenters. The summed E-state index contributed by atoms with van der Waals surface area (Å²) in [6.07, 6.45) is 2.37. The highest BCUT2D eigenvalue weighted by molar-refractivity contribution is 7.88. The molecule has 104 valence electrons. The molecule has 1 saturated heterocycles. The lowest BCUT2D eigenvalue weighted by Crippen LogP contribution is -2.42. The first kappa shape index (κ1) is 14.3. The van der Waals surface area contributed by atoms with Gasteiger partial charge in [0.1, 0.15) is 6.04 Å². The second-order valence-corrected chi connectivity index (χ2v) is 6.90. The first-order valence-electron chi connectivity index (χ1n) is 5.91. The highest BCUT2D eigenvalue weighted by atomic mass is 35.5. The Morgan fingerprint density at radius 1 is 1.37 bits per heavy atom. The third-order valence-electron chi connectivity index (χ3n) is 3.04. The van der Waals surface area contributed by atoms with Gasteiger partial charge in [0.25, 0.3) is 0 Å². The van der Waals surface area contributed by atoms with Crippen LogP contribution in [-0.4, -0.2) is 37.5 Å². The Kier molecular flexibility index (Phi) is 4.13. The fraction of sp³-hybridized carbons (Fsp3) is 0.417. The number of hydrogen-bond acceptors (Lipinski definition) is 3. The largest absolute Gasteiger partial charge is 0.325 e. The summed E-state index contributed by atoms with van der Waals surface area (Å²) in [7, 11) is -3.34. The summed E-state index contributed by atoms with van der Waals surface area (Å²) in [6, 6.07) is 6.07. The van der Waals surface area contributed by atoms with E-state index in [0.29, 0.717) is 30.1 Å². The second-order valence-electron chi connectivity index (χ2n) is 4.53. The van der Waals surface area contributed by atoms with Crippen LogP contribution >= 0.6 is 11.6 Å². The number of carbonyl (C=O) groups excluding carboxylic acids is 1. The lowest BCUT2D eigenvalue weighted by Gasteiger charge is -2.21. The quantitative estimate of drug-likeness (QED) is 0.924. The Morgan fingerprint density at radius 2 is 2.00 bits per heavy atom. The Bertz CT molecular complexity index is 571. The summed E-state index contributed by atoms with van der Waals surface area (Å²) < 4.78 is 24.4. The van der Waals surface area contributed by atoms with Gasteiger partial charge in [-0.1, -0.05) is 11.6 Å². The molecule has 1 aromatic rings. The van der Waals surface area contributed by atoms with Crippen LogP contribution in [0.2, 0.25) is 5.02 Å². The van der Waals surface area contributed by atoms with E-state index in [1.54, 1.807) is 24.3 Å². The standard InChI is InChI=1S/C12H15ClN2O3S/c1-19(17,18)15-8-2-3-11(15)12(16)14-10-6-4-9(13)5-7-10/h4-7,11H,2-3,8H2,1H3,(H,14,16)/t11-/m0/s1. The van der Waals surface area contributed by atoms with Crippen molar-refractivity contribution in [2.24, 2.45) is 0 Å². The molecule has 0 bridgehead atoms. The number of amides is 1. The number of anilines is 1. The number of hydrogen-bond donors (Lipinski definition) is 1. The predicted molar refractivity (Wildman–Crippen MR) is 74.7 cm³/mol. The smallest absolute Gasteiger partial charge is 0.242 e. The van der Waals surface area contributed by atoms with Crippen molar-refractivity contribution in [3.8, 4) is 0 Å². The zero-order valence-corrected chi connectivity index (χ0v) is 12.0. The van der Waals surface area contributed by atoms with Gasteiger partial charge in [0, 0.05) is 17.3 Å². The van der Waals surface area contributed by atoms with Crippen molar-refractivity contribution in [3.63, 3.8) is 0 Å². The van der Waals surface area contributed by atoms with Gasteiger partial charge in [-0.05, 0) is 37.1 Å². The number of rotatable bonds is 3. The molecule has 1 fully saturated rings. The highest BCUT2D eigenvalue weighted by Crippen LogP contribution is 2.22. The molecule has 19 heavy (non-hydrogen) atoms. The monoisotopic (exact) mass is 302 g/mol. The summed E-state index contributed by atoms with van der Waals surface area (Å²) in [4.78, 5) is 12.1. The molecule has 1 amide bonds. The van der Waals surface area contributed by atoms with Crippen LogP contribution in [0.4, 0.5) is 5.69 Å². The van der Waals surface area contributed by atoms with E-state index < -0.39 is 16.1 Å². The maximum atomic E-state index is 12.1. The molecule has 7 heteroatoms. The predicted octanol–water partition coefficient (Wildman–Crippen LogP) is 1.70. The van der Waals surface area contributed by atoms with Crippen LogP contribution in [0.1, 0.15) is 12.8 Å². The fourth-order valence-electron chi connectivity index (χ4n) is 2.16. The van der Waals surface area contributed by atoms with E-state index in [0.717, 1.165) is 6.26 Å². The van der Waals surface area contributed by atoms with E-state index >= 15 is 0 Å². The lowest BCUT2D eigenvalue weighted by molar-refractivity contribution is -0.119. The molecule has 1 aliphatic rings. The van der Waals surface area contributed by atoms with Gasteiger partial charge in [0.05, 0.1) is 6.26 Å². The zero-order valence-electron chi connectivity index (χ0n) is 10.5. The van der Waals surface area contributed by atoms with Gasteiger partial charge in [-0.25, -0.2) is 8.42 Å². The third kappa shape index (κ3) is 3.46. The van der Waals surface area contributed by atoms with E-state index in [9.17, 15) is 13.2 Å². The SMILES string of the molecule is CS(=O)(=O)N1CCC[C@H]1C(=O)Nc1ccc(Cl)cc1. The van der Waals surface area contributed by atoms with E-state index in [1.165, 1.54) is 4.31 Å². The fourth-order valence-corrected chi connectivity index (χ4v) is 3.41. The van der Waals surface area contributed by atoms with Gasteiger partial charge in [0.15, 0.2) is 0 Å². The van der Waals surface area contributed by atoms with Crippen molar-refractivity contribution >= 4 is 33.2 Å². The van der Waals surface area contributed by atoms with Crippen molar-refractivity contribution in [3.05, 3.63) is 29.3 Å². The highest BCUT2D eigenvalue weighted by Gasteiger charge is 2.36. The van der Waals surface area contributed by atoms with Gasteiger partial charge < -0.3 is 5.32 Å². The molecule has 0 aromatic heterocycles. The van der Waals surface area contributed by atoms with Crippen LogP contribution in [0.15, 0.2) is 24.3 Å². The van der Waals surface area contributed by atoms with Gasteiger partial charge in [-0.2, -0.15) is 4.31 Å². The summed E-state index contributed by atoms with van der Waals surface area (Å²) in [5.74, 6) is -0.301. The Labute approximate surface area is 117 Å². The number of nitrogens with zero attached hydrogens (tertiary/aromatic N) is 1. The summed E-state index contributed by atoms with van der Waals surface area (Å²) in [5, 5.41) is 3.29. The van der Waals surface area contributed by atoms with Crippen molar-refractivity contribution < 1.29 is 13.2 Å². The van der Waals surface area contributed by atoms with Gasteiger partial charge in [-0.3, -0.25) is 4.79 Å². The molecule has 1 aliphatic heterocycles. The van der Waals surface area contributed by atoms with Crippen LogP contribution in [0.3, 0.4) is 0 Å². The Morgan fingerprint density at radius 3 is 2.58 bits per heavy atom. The van der Waals surface area contributed by atoms with Crippen molar-refractivity contribution in [2.45, 2.75) is 18.9 Å². The van der Waals surface area contributed by atoms with Gasteiger partial charge in [-0.15, -0.1) is 0 Å². The number of halogens is 1. The number of sulfonamides is 1. The first-order chi connectivity index (χ1) is 8.88. The van der Waals surface area contributed by atoms with Crippen LogP contribution in [-0.2, 0) is 14.8 Å².